The monoisotopic (exact) mass is 419 g/mol. The van der Waals surface area contributed by atoms with E-state index < -0.39 is 15.9 Å². The number of aryl methyl sites for hydroxylation is 2. The summed E-state index contributed by atoms with van der Waals surface area (Å²) in [6.45, 7) is 4.68. The smallest absolute Gasteiger partial charge is 0.248 e. The van der Waals surface area contributed by atoms with E-state index in [1.165, 1.54) is 13.0 Å². The standard InChI is InChI=1S/C16H19Cl2N3O4S/c1-4-7-21(26(23,24)16-10(2)20-25-11(16)3)9-15(22)19-14-8-12(17)5-6-13(14)18/h5-6,8H,4,7,9H2,1-3H3,(H,19,22). The number of hydrogen-bond acceptors (Lipinski definition) is 5. The number of halogens is 2. The van der Waals surface area contributed by atoms with Crippen molar-refractivity contribution in [1.82, 2.24) is 9.46 Å². The number of sulfonamides is 1. The van der Waals surface area contributed by atoms with Gasteiger partial charge in [-0.3, -0.25) is 4.79 Å². The minimum absolute atomic E-state index is 0.0143. The van der Waals surface area contributed by atoms with Crippen LogP contribution in [0, 0.1) is 13.8 Å². The highest BCUT2D eigenvalue weighted by Gasteiger charge is 2.31. The first kappa shape index (κ1) is 20.7. The zero-order valence-electron chi connectivity index (χ0n) is 14.5. The van der Waals surface area contributed by atoms with Crippen LogP contribution >= 0.6 is 23.2 Å². The molecule has 0 aliphatic carbocycles. The van der Waals surface area contributed by atoms with Crippen molar-refractivity contribution in [3.05, 3.63) is 39.7 Å². The van der Waals surface area contributed by atoms with Gasteiger partial charge in [0.25, 0.3) is 0 Å². The number of carbonyl (C=O) groups is 1. The molecular weight excluding hydrogens is 401 g/mol. The van der Waals surface area contributed by atoms with Crippen LogP contribution in [-0.2, 0) is 14.8 Å². The minimum atomic E-state index is -3.93. The number of nitrogens with zero attached hydrogens (tertiary/aromatic N) is 2. The van der Waals surface area contributed by atoms with Gasteiger partial charge in [-0.15, -0.1) is 0 Å². The van der Waals surface area contributed by atoms with E-state index >= 15 is 0 Å². The lowest BCUT2D eigenvalue weighted by Crippen LogP contribution is -2.38. The Bertz CT molecular complexity index is 893. The third kappa shape index (κ3) is 4.56. The Hall–Kier alpha value is -1.61. The van der Waals surface area contributed by atoms with Gasteiger partial charge >= 0.3 is 0 Å². The minimum Gasteiger partial charge on any atom is -0.360 e. The van der Waals surface area contributed by atoms with Crippen LogP contribution in [0.4, 0.5) is 5.69 Å². The normalized spacial score (nSPS) is 11.8. The van der Waals surface area contributed by atoms with Crippen LogP contribution in [0.2, 0.25) is 10.0 Å². The van der Waals surface area contributed by atoms with Gasteiger partial charge in [-0.1, -0.05) is 35.3 Å². The quantitative estimate of drug-likeness (QED) is 0.739. The molecule has 1 amide bonds. The molecule has 0 atom stereocenters. The lowest BCUT2D eigenvalue weighted by Gasteiger charge is -2.21. The molecule has 0 aliphatic heterocycles. The van der Waals surface area contributed by atoms with Crippen molar-refractivity contribution in [3.63, 3.8) is 0 Å². The molecule has 0 saturated heterocycles. The van der Waals surface area contributed by atoms with Crippen LogP contribution in [0.3, 0.4) is 0 Å². The summed E-state index contributed by atoms with van der Waals surface area (Å²) in [6.07, 6.45) is 0.536. The predicted molar refractivity (Wildman–Crippen MR) is 100 cm³/mol. The summed E-state index contributed by atoms with van der Waals surface area (Å²) in [6, 6.07) is 4.63. The topological polar surface area (TPSA) is 92.5 Å². The molecule has 142 valence electrons. The highest BCUT2D eigenvalue weighted by molar-refractivity contribution is 7.89. The molecule has 1 aromatic heterocycles. The predicted octanol–water partition coefficient (Wildman–Crippen LogP) is 3.64. The summed E-state index contributed by atoms with van der Waals surface area (Å²) >= 11 is 11.9. The van der Waals surface area contributed by atoms with Gasteiger partial charge in [-0.2, -0.15) is 4.31 Å². The highest BCUT2D eigenvalue weighted by Crippen LogP contribution is 2.26. The van der Waals surface area contributed by atoms with Gasteiger partial charge < -0.3 is 9.84 Å². The average molecular weight is 420 g/mol. The number of rotatable bonds is 7. The van der Waals surface area contributed by atoms with Gasteiger partial charge in [0.15, 0.2) is 5.76 Å². The summed E-state index contributed by atoms with van der Waals surface area (Å²) < 4.78 is 31.9. The van der Waals surface area contributed by atoms with Gasteiger partial charge in [0.1, 0.15) is 10.6 Å². The average Bonchev–Trinajstić information content (AvgIpc) is 2.90. The molecule has 0 bridgehead atoms. The lowest BCUT2D eigenvalue weighted by atomic mass is 10.3. The molecule has 0 saturated carbocycles. The van der Waals surface area contributed by atoms with E-state index in [2.05, 4.69) is 10.5 Å². The van der Waals surface area contributed by atoms with Crippen molar-refractivity contribution in [2.75, 3.05) is 18.4 Å². The van der Waals surface area contributed by atoms with Crippen LogP contribution in [0.25, 0.3) is 0 Å². The summed E-state index contributed by atoms with van der Waals surface area (Å²) in [7, 11) is -3.93. The van der Waals surface area contributed by atoms with Crippen molar-refractivity contribution < 1.29 is 17.7 Å². The SMILES string of the molecule is CCCN(CC(=O)Nc1cc(Cl)ccc1Cl)S(=O)(=O)c1c(C)noc1C. The lowest BCUT2D eigenvalue weighted by molar-refractivity contribution is -0.116. The fourth-order valence-corrected chi connectivity index (χ4v) is 4.57. The van der Waals surface area contributed by atoms with Crippen molar-refractivity contribution in [2.24, 2.45) is 0 Å². The maximum atomic E-state index is 12.9. The Morgan fingerprint density at radius 1 is 1.31 bits per heavy atom. The number of aromatic nitrogens is 1. The molecule has 0 radical (unpaired) electrons. The molecule has 0 aliphatic rings. The van der Waals surface area contributed by atoms with Gasteiger partial charge in [-0.25, -0.2) is 8.42 Å². The second-order valence-electron chi connectivity index (χ2n) is 5.66. The van der Waals surface area contributed by atoms with E-state index in [0.717, 1.165) is 4.31 Å². The van der Waals surface area contributed by atoms with Gasteiger partial charge in [0.2, 0.25) is 15.9 Å². The zero-order valence-corrected chi connectivity index (χ0v) is 16.9. The number of anilines is 1. The molecule has 10 heteroatoms. The number of amides is 1. The van der Waals surface area contributed by atoms with Gasteiger partial charge in [0, 0.05) is 11.6 Å². The number of hydrogen-bond donors (Lipinski definition) is 1. The first-order chi connectivity index (χ1) is 12.2. The van der Waals surface area contributed by atoms with E-state index in [4.69, 9.17) is 27.7 Å². The molecule has 2 rings (SSSR count). The molecule has 2 aromatic rings. The molecule has 0 fully saturated rings. The zero-order chi connectivity index (χ0) is 19.5. The Morgan fingerprint density at radius 3 is 2.58 bits per heavy atom. The molecule has 1 heterocycles. The maximum Gasteiger partial charge on any atom is 0.248 e. The third-order valence-electron chi connectivity index (χ3n) is 3.56. The first-order valence-corrected chi connectivity index (χ1v) is 10.0. The van der Waals surface area contributed by atoms with E-state index in [-0.39, 0.29) is 29.4 Å². The van der Waals surface area contributed by atoms with Crippen LogP contribution in [0.5, 0.6) is 0 Å². The fourth-order valence-electron chi connectivity index (χ4n) is 2.45. The van der Waals surface area contributed by atoms with Gasteiger partial charge in [0.05, 0.1) is 17.3 Å². The number of nitrogens with one attached hydrogen (secondary N) is 1. The van der Waals surface area contributed by atoms with Crippen LogP contribution in [-0.4, -0.2) is 36.9 Å². The number of carbonyl (C=O) groups excluding carboxylic acids is 1. The number of benzene rings is 1. The summed E-state index contributed by atoms with van der Waals surface area (Å²) in [5.74, 6) is -0.347. The Balaban J connectivity index is 2.25. The second-order valence-corrected chi connectivity index (χ2v) is 8.38. The van der Waals surface area contributed by atoms with E-state index in [1.807, 2.05) is 6.92 Å². The molecule has 0 spiro atoms. The Morgan fingerprint density at radius 2 is 2.00 bits per heavy atom. The second kappa shape index (κ2) is 8.39. The summed E-state index contributed by atoms with van der Waals surface area (Å²) in [4.78, 5) is 12.4. The van der Waals surface area contributed by atoms with E-state index in [9.17, 15) is 13.2 Å². The fraction of sp³-hybridized carbons (Fsp3) is 0.375. The third-order valence-corrected chi connectivity index (χ3v) is 6.22. The van der Waals surface area contributed by atoms with E-state index in [1.54, 1.807) is 19.1 Å². The Labute approximate surface area is 162 Å². The van der Waals surface area contributed by atoms with Crippen molar-refractivity contribution >= 4 is 44.8 Å². The van der Waals surface area contributed by atoms with Crippen LogP contribution in [0.15, 0.2) is 27.6 Å². The van der Waals surface area contributed by atoms with Crippen LogP contribution < -0.4 is 5.32 Å². The summed E-state index contributed by atoms with van der Waals surface area (Å²) in [5.41, 5.74) is 0.567. The van der Waals surface area contributed by atoms with Crippen molar-refractivity contribution in [3.8, 4) is 0 Å². The van der Waals surface area contributed by atoms with Crippen molar-refractivity contribution in [2.45, 2.75) is 32.1 Å². The van der Waals surface area contributed by atoms with E-state index in [0.29, 0.717) is 22.2 Å². The van der Waals surface area contributed by atoms with Crippen molar-refractivity contribution in [1.29, 1.82) is 0 Å². The first-order valence-electron chi connectivity index (χ1n) is 7.84. The van der Waals surface area contributed by atoms with Gasteiger partial charge in [-0.05, 0) is 38.5 Å². The Kier molecular flexibility index (Phi) is 6.68. The molecule has 0 unspecified atom stereocenters. The largest absolute Gasteiger partial charge is 0.360 e. The molecular formula is C16H19Cl2N3O4S. The molecule has 1 N–H and O–H groups in total. The maximum absolute atomic E-state index is 12.9. The molecule has 1 aromatic carbocycles. The summed E-state index contributed by atoms with van der Waals surface area (Å²) in [5, 5.41) is 6.97. The molecule has 26 heavy (non-hydrogen) atoms. The highest BCUT2D eigenvalue weighted by atomic mass is 35.5. The molecule has 7 nitrogen and oxygen atoms in total. The van der Waals surface area contributed by atoms with Crippen LogP contribution in [0.1, 0.15) is 24.8 Å².